The molecule has 1 N–H and O–H groups in total. The zero-order chi connectivity index (χ0) is 14.2. The number of rotatable bonds is 1. The van der Waals surface area contributed by atoms with E-state index in [0.29, 0.717) is 0 Å². The van der Waals surface area contributed by atoms with Gasteiger partial charge in [0.25, 0.3) is 0 Å². The van der Waals surface area contributed by atoms with Crippen molar-refractivity contribution in [3.63, 3.8) is 0 Å². The van der Waals surface area contributed by atoms with Crippen molar-refractivity contribution >= 4 is 28.9 Å². The lowest BCUT2D eigenvalue weighted by Gasteiger charge is -2.35. The first kappa shape index (κ1) is 14.5. The van der Waals surface area contributed by atoms with E-state index in [1.165, 1.54) is 25.7 Å². The largest absolute Gasteiger partial charge is 0.368 e. The van der Waals surface area contributed by atoms with Crippen LogP contribution in [0.15, 0.2) is 12.1 Å². The zero-order valence-corrected chi connectivity index (χ0v) is 13.5. The summed E-state index contributed by atoms with van der Waals surface area (Å²) >= 11 is 12.8. The molecule has 1 aromatic rings. The highest BCUT2D eigenvalue weighted by atomic mass is 35.5. The second-order valence-corrected chi connectivity index (χ2v) is 7.06. The highest BCUT2D eigenvalue weighted by Gasteiger charge is 2.36. The molecule has 2 fully saturated rings. The minimum absolute atomic E-state index is 0.289. The van der Waals surface area contributed by atoms with Gasteiger partial charge in [-0.1, -0.05) is 36.0 Å². The third kappa shape index (κ3) is 2.79. The summed E-state index contributed by atoms with van der Waals surface area (Å²) in [5, 5.41) is 5.41. The average Bonchev–Trinajstić information content (AvgIpc) is 2.75. The fraction of sp³-hybridized carbons (Fsp3) is 0.625. The first-order chi connectivity index (χ1) is 9.60. The summed E-state index contributed by atoms with van der Waals surface area (Å²) in [5.41, 5.74) is 2.43. The first-order valence-electron chi connectivity index (χ1n) is 7.55. The Balaban J connectivity index is 1.90. The number of nitrogens with zero attached hydrogens (tertiary/aromatic N) is 1. The highest BCUT2D eigenvalue weighted by Crippen LogP contribution is 2.37. The lowest BCUT2D eigenvalue weighted by Crippen LogP contribution is -2.49. The monoisotopic (exact) mass is 312 g/mol. The Bertz CT molecular complexity index is 495. The van der Waals surface area contributed by atoms with Crippen LogP contribution >= 0.6 is 23.2 Å². The molecule has 1 aliphatic heterocycles. The van der Waals surface area contributed by atoms with Crippen molar-refractivity contribution in [1.82, 2.24) is 5.32 Å². The van der Waals surface area contributed by atoms with Crippen LogP contribution in [0.2, 0.25) is 10.0 Å². The predicted molar refractivity (Wildman–Crippen MR) is 87.2 cm³/mol. The summed E-state index contributed by atoms with van der Waals surface area (Å²) in [5.74, 6) is 0. The van der Waals surface area contributed by atoms with Crippen molar-refractivity contribution in [3.8, 4) is 0 Å². The van der Waals surface area contributed by atoms with Crippen LogP contribution in [0.25, 0.3) is 0 Å². The van der Waals surface area contributed by atoms with Crippen molar-refractivity contribution in [1.29, 1.82) is 0 Å². The van der Waals surface area contributed by atoms with Gasteiger partial charge in [0.2, 0.25) is 0 Å². The van der Waals surface area contributed by atoms with Crippen LogP contribution in [-0.2, 0) is 0 Å². The maximum atomic E-state index is 6.46. The van der Waals surface area contributed by atoms with Crippen molar-refractivity contribution < 1.29 is 0 Å². The number of anilines is 1. The van der Waals surface area contributed by atoms with Crippen LogP contribution in [-0.4, -0.2) is 25.2 Å². The van der Waals surface area contributed by atoms with Crippen molar-refractivity contribution in [2.45, 2.75) is 44.6 Å². The molecule has 0 amide bonds. The molecule has 0 aromatic heterocycles. The van der Waals surface area contributed by atoms with Gasteiger partial charge in [-0.15, -0.1) is 0 Å². The molecule has 1 aromatic carbocycles. The van der Waals surface area contributed by atoms with E-state index in [2.05, 4.69) is 10.2 Å². The molecule has 20 heavy (non-hydrogen) atoms. The number of nitrogens with one attached hydrogen (secondary N) is 1. The van der Waals surface area contributed by atoms with E-state index >= 15 is 0 Å². The average molecular weight is 313 g/mol. The Morgan fingerprint density at radius 1 is 1.10 bits per heavy atom. The molecule has 1 aliphatic carbocycles. The molecule has 3 rings (SSSR count). The number of hydrogen-bond acceptors (Lipinski definition) is 2. The van der Waals surface area contributed by atoms with Crippen LogP contribution in [0.5, 0.6) is 0 Å². The van der Waals surface area contributed by atoms with Crippen molar-refractivity contribution in [2.24, 2.45) is 0 Å². The Labute approximate surface area is 131 Å². The fourth-order valence-corrected chi connectivity index (χ4v) is 4.09. The van der Waals surface area contributed by atoms with Gasteiger partial charge in [0, 0.05) is 23.7 Å². The van der Waals surface area contributed by atoms with Gasteiger partial charge in [0.05, 0.1) is 10.7 Å². The Kier molecular flexibility index (Phi) is 4.16. The minimum Gasteiger partial charge on any atom is -0.368 e. The molecule has 1 heterocycles. The van der Waals surface area contributed by atoms with E-state index in [-0.39, 0.29) is 5.54 Å². The van der Waals surface area contributed by atoms with Crippen LogP contribution in [0.3, 0.4) is 0 Å². The Morgan fingerprint density at radius 3 is 2.60 bits per heavy atom. The quantitative estimate of drug-likeness (QED) is 0.826. The van der Waals surface area contributed by atoms with E-state index in [0.717, 1.165) is 47.4 Å². The minimum atomic E-state index is 0.289. The molecule has 0 atom stereocenters. The summed E-state index contributed by atoms with van der Waals surface area (Å²) in [6, 6.07) is 4.02. The topological polar surface area (TPSA) is 15.3 Å². The summed E-state index contributed by atoms with van der Waals surface area (Å²) in [6.07, 6.45) is 6.39. The maximum absolute atomic E-state index is 6.46. The van der Waals surface area contributed by atoms with Crippen LogP contribution in [0.4, 0.5) is 5.69 Å². The molecule has 1 saturated carbocycles. The number of benzene rings is 1. The van der Waals surface area contributed by atoms with Crippen molar-refractivity contribution in [2.75, 3.05) is 24.5 Å². The second kappa shape index (κ2) is 5.75. The summed E-state index contributed by atoms with van der Waals surface area (Å²) < 4.78 is 0. The van der Waals surface area contributed by atoms with Crippen molar-refractivity contribution in [3.05, 3.63) is 27.7 Å². The standard InChI is InChI=1S/C16H22Cl2N2/c1-12-9-14(18)15(10-13(12)17)20-8-4-7-19-16(11-20)5-2-3-6-16/h9-10,19H,2-8,11H2,1H3. The smallest absolute Gasteiger partial charge is 0.0643 e. The van der Waals surface area contributed by atoms with Gasteiger partial charge in [-0.2, -0.15) is 0 Å². The molecule has 1 saturated heterocycles. The van der Waals surface area contributed by atoms with E-state index in [9.17, 15) is 0 Å². The Hall–Kier alpha value is -0.440. The number of halogens is 2. The normalized spacial score (nSPS) is 22.2. The molecular weight excluding hydrogens is 291 g/mol. The predicted octanol–water partition coefficient (Wildman–Crippen LogP) is 4.41. The lowest BCUT2D eigenvalue weighted by atomic mass is 9.97. The molecule has 0 unspecified atom stereocenters. The van der Waals surface area contributed by atoms with Gasteiger partial charge in [0.1, 0.15) is 0 Å². The molecular formula is C16H22Cl2N2. The molecule has 2 aliphatic rings. The fourth-order valence-electron chi connectivity index (χ4n) is 3.59. The molecule has 0 radical (unpaired) electrons. The van der Waals surface area contributed by atoms with Crippen LogP contribution in [0, 0.1) is 6.92 Å². The van der Waals surface area contributed by atoms with Gasteiger partial charge >= 0.3 is 0 Å². The molecule has 1 spiro atoms. The summed E-state index contributed by atoms with van der Waals surface area (Å²) in [7, 11) is 0. The second-order valence-electron chi connectivity index (χ2n) is 6.24. The number of hydrogen-bond donors (Lipinski definition) is 1. The zero-order valence-electron chi connectivity index (χ0n) is 12.0. The summed E-state index contributed by atoms with van der Waals surface area (Å²) in [4.78, 5) is 2.43. The number of aryl methyl sites for hydroxylation is 1. The molecule has 4 heteroatoms. The van der Waals surface area contributed by atoms with Crippen LogP contribution < -0.4 is 10.2 Å². The molecule has 2 nitrogen and oxygen atoms in total. The highest BCUT2D eigenvalue weighted by molar-refractivity contribution is 6.35. The van der Waals surface area contributed by atoms with Gasteiger partial charge in [-0.25, -0.2) is 0 Å². The van der Waals surface area contributed by atoms with E-state index in [1.807, 2.05) is 19.1 Å². The lowest BCUT2D eigenvalue weighted by molar-refractivity contribution is 0.354. The van der Waals surface area contributed by atoms with E-state index in [4.69, 9.17) is 23.2 Å². The molecule has 0 bridgehead atoms. The summed E-state index contributed by atoms with van der Waals surface area (Å²) in [6.45, 7) is 5.20. The maximum Gasteiger partial charge on any atom is 0.0643 e. The third-order valence-electron chi connectivity index (χ3n) is 4.73. The van der Waals surface area contributed by atoms with E-state index in [1.54, 1.807) is 0 Å². The van der Waals surface area contributed by atoms with Gasteiger partial charge < -0.3 is 10.2 Å². The van der Waals surface area contributed by atoms with Gasteiger partial charge in [0.15, 0.2) is 0 Å². The molecule has 110 valence electrons. The Morgan fingerprint density at radius 2 is 1.85 bits per heavy atom. The first-order valence-corrected chi connectivity index (χ1v) is 8.31. The van der Waals surface area contributed by atoms with Gasteiger partial charge in [-0.3, -0.25) is 0 Å². The third-order valence-corrected chi connectivity index (χ3v) is 5.44. The van der Waals surface area contributed by atoms with Crippen LogP contribution in [0.1, 0.15) is 37.7 Å². The van der Waals surface area contributed by atoms with E-state index < -0.39 is 0 Å². The SMILES string of the molecule is Cc1cc(Cl)c(N2CCCNC3(CCCC3)C2)cc1Cl. The van der Waals surface area contributed by atoms with Gasteiger partial charge in [-0.05, 0) is 50.4 Å².